The van der Waals surface area contributed by atoms with E-state index in [1.54, 1.807) is 30.3 Å². The Morgan fingerprint density at radius 1 is 1.00 bits per heavy atom. The molecule has 1 aliphatic heterocycles. The number of fused-ring (bicyclic) bond motifs is 2. The normalized spacial score (nSPS) is 22.5. The third-order valence-electron chi connectivity index (χ3n) is 7.76. The molecule has 1 aliphatic carbocycles. The van der Waals surface area contributed by atoms with Crippen molar-refractivity contribution >= 4 is 27.3 Å². The molecule has 0 aromatic heterocycles. The van der Waals surface area contributed by atoms with Gasteiger partial charge in [0.25, 0.3) is 11.8 Å². The Labute approximate surface area is 216 Å². The molecule has 1 saturated carbocycles. The van der Waals surface area contributed by atoms with Gasteiger partial charge < -0.3 is 10.2 Å². The Hall–Kier alpha value is -3.52. The molecule has 1 N–H and O–H groups in total. The van der Waals surface area contributed by atoms with Crippen LogP contribution in [0.4, 0.5) is 10.1 Å². The van der Waals surface area contributed by atoms with E-state index in [0.29, 0.717) is 11.8 Å². The van der Waals surface area contributed by atoms with Crippen LogP contribution >= 0.6 is 0 Å². The summed E-state index contributed by atoms with van der Waals surface area (Å²) in [6.45, 7) is 4.12. The topological polar surface area (TPSA) is 83.6 Å². The van der Waals surface area contributed by atoms with Crippen LogP contribution in [-0.2, 0) is 16.4 Å². The van der Waals surface area contributed by atoms with Gasteiger partial charge in [-0.1, -0.05) is 57.0 Å². The van der Waals surface area contributed by atoms with Crippen molar-refractivity contribution in [3.05, 3.63) is 89.2 Å². The predicted octanol–water partition coefficient (Wildman–Crippen LogP) is 5.37. The van der Waals surface area contributed by atoms with Gasteiger partial charge in [0.15, 0.2) is 0 Å². The Morgan fingerprint density at radius 2 is 1.73 bits per heavy atom. The minimum absolute atomic E-state index is 0.00561. The Bertz CT molecular complexity index is 1490. The van der Waals surface area contributed by atoms with E-state index in [9.17, 15) is 22.4 Å². The molecule has 3 aromatic rings. The number of hydrogen-bond donors (Lipinski definition) is 1. The first-order valence-electron chi connectivity index (χ1n) is 12.5. The number of nitrogens with one attached hydrogen (secondary N) is 1. The number of nitrogens with zero attached hydrogens (tertiary/aromatic N) is 1. The summed E-state index contributed by atoms with van der Waals surface area (Å²) >= 11 is 0. The quantitative estimate of drug-likeness (QED) is 0.501. The van der Waals surface area contributed by atoms with Crippen molar-refractivity contribution < 1.29 is 22.4 Å². The lowest BCUT2D eigenvalue weighted by molar-refractivity contribution is 0.0889. The molecule has 0 unspecified atom stereocenters. The van der Waals surface area contributed by atoms with E-state index in [1.807, 2.05) is 0 Å². The monoisotopic (exact) mass is 520 g/mol. The van der Waals surface area contributed by atoms with Crippen LogP contribution in [0.3, 0.4) is 0 Å². The molecule has 0 bridgehead atoms. The van der Waals surface area contributed by atoms with Crippen molar-refractivity contribution in [2.45, 2.75) is 55.5 Å². The molecule has 3 aromatic carbocycles. The van der Waals surface area contributed by atoms with Crippen LogP contribution in [0.15, 0.2) is 76.5 Å². The molecule has 1 fully saturated rings. The summed E-state index contributed by atoms with van der Waals surface area (Å²) in [5, 5.41) is 3.11. The summed E-state index contributed by atoms with van der Waals surface area (Å²) in [5.41, 5.74) is 0.545. The van der Waals surface area contributed by atoms with Gasteiger partial charge in [-0.3, -0.25) is 9.59 Å². The largest absolute Gasteiger partial charge is 0.349 e. The molecule has 2 amide bonds. The number of amides is 2. The lowest BCUT2D eigenvalue weighted by atomic mass is 9.78. The second-order valence-corrected chi connectivity index (χ2v) is 11.9. The highest BCUT2D eigenvalue weighted by Crippen LogP contribution is 2.38. The molecule has 37 heavy (non-hydrogen) atoms. The number of rotatable bonds is 4. The fourth-order valence-corrected chi connectivity index (χ4v) is 6.97. The van der Waals surface area contributed by atoms with E-state index in [-0.39, 0.29) is 50.7 Å². The van der Waals surface area contributed by atoms with Crippen molar-refractivity contribution in [2.75, 3.05) is 4.90 Å². The number of halogens is 1. The molecule has 0 spiro atoms. The van der Waals surface area contributed by atoms with Gasteiger partial charge >= 0.3 is 0 Å². The Kier molecular flexibility index (Phi) is 6.62. The smallest absolute Gasteiger partial charge is 0.259 e. The molecule has 8 heteroatoms. The number of carbonyl (C=O) groups is 2. The van der Waals surface area contributed by atoms with Crippen molar-refractivity contribution in [1.82, 2.24) is 5.32 Å². The van der Waals surface area contributed by atoms with E-state index in [1.165, 1.54) is 41.3 Å². The van der Waals surface area contributed by atoms with Gasteiger partial charge in [0, 0.05) is 17.2 Å². The van der Waals surface area contributed by atoms with Crippen LogP contribution in [-0.4, -0.2) is 26.3 Å². The molecule has 192 valence electrons. The average Bonchev–Trinajstić information content (AvgIpc) is 2.96. The molecule has 6 nitrogen and oxygen atoms in total. The van der Waals surface area contributed by atoms with E-state index in [4.69, 9.17) is 0 Å². The van der Waals surface area contributed by atoms with Gasteiger partial charge in [-0.15, -0.1) is 0 Å². The minimum Gasteiger partial charge on any atom is -0.349 e. The van der Waals surface area contributed by atoms with Crippen LogP contribution in [0.25, 0.3) is 0 Å². The maximum Gasteiger partial charge on any atom is 0.259 e. The molecule has 2 aliphatic rings. The molecule has 5 rings (SSSR count). The summed E-state index contributed by atoms with van der Waals surface area (Å²) in [5.74, 6) is -0.609. The Morgan fingerprint density at radius 3 is 2.51 bits per heavy atom. The average molecular weight is 521 g/mol. The fourth-order valence-electron chi connectivity index (χ4n) is 5.34. The molecular formula is C29H29FN2O4S. The molecular weight excluding hydrogens is 491 g/mol. The van der Waals surface area contributed by atoms with Crippen LogP contribution < -0.4 is 10.2 Å². The van der Waals surface area contributed by atoms with Crippen LogP contribution in [0, 0.1) is 17.7 Å². The number of hydrogen-bond acceptors (Lipinski definition) is 4. The van der Waals surface area contributed by atoms with Gasteiger partial charge in [0.05, 0.1) is 27.6 Å². The summed E-state index contributed by atoms with van der Waals surface area (Å²) in [6.07, 6.45) is 3.03. The highest BCUT2D eigenvalue weighted by Gasteiger charge is 2.36. The van der Waals surface area contributed by atoms with E-state index in [2.05, 4.69) is 19.2 Å². The standard InChI is InChI=1S/C29H29FN2O4S/c1-18-8-7-12-24(19(18)2)31-28(33)20-14-15-27-25(16-20)32(17-21-9-3-5-11-23(21)30)29(34)22-10-4-6-13-26(22)37(27,35)36/h3-6,9-11,13-16,18-19,24H,7-8,12,17H2,1-2H3,(H,31,33)/t18-,19+,24+/m1/s1. The second kappa shape index (κ2) is 9.74. The first kappa shape index (κ1) is 25.1. The Balaban J connectivity index is 1.60. The fraction of sp³-hybridized carbons (Fsp3) is 0.310. The summed E-state index contributed by atoms with van der Waals surface area (Å²) in [4.78, 5) is 28.1. The number of carbonyl (C=O) groups excluding carboxylic acids is 2. The predicted molar refractivity (Wildman–Crippen MR) is 139 cm³/mol. The van der Waals surface area contributed by atoms with Gasteiger partial charge in [0.2, 0.25) is 9.84 Å². The highest BCUT2D eigenvalue weighted by molar-refractivity contribution is 7.91. The third kappa shape index (κ3) is 4.55. The zero-order valence-corrected chi connectivity index (χ0v) is 21.6. The van der Waals surface area contributed by atoms with E-state index < -0.39 is 21.6 Å². The number of sulfone groups is 1. The number of benzene rings is 3. The molecule has 0 radical (unpaired) electrons. The SMILES string of the molecule is C[C@H]1[C@H](C)CCC[C@@H]1NC(=O)c1ccc2c(c1)N(Cc1ccccc1F)C(=O)c1ccccc1S2(=O)=O. The maximum absolute atomic E-state index is 14.6. The van der Waals surface area contributed by atoms with Crippen LogP contribution in [0.5, 0.6) is 0 Å². The lowest BCUT2D eigenvalue weighted by Gasteiger charge is -2.34. The third-order valence-corrected chi connectivity index (χ3v) is 9.62. The minimum atomic E-state index is -4.08. The number of anilines is 1. The van der Waals surface area contributed by atoms with E-state index in [0.717, 1.165) is 19.3 Å². The summed E-state index contributed by atoms with van der Waals surface area (Å²) in [7, 11) is -4.08. The van der Waals surface area contributed by atoms with Crippen LogP contribution in [0.1, 0.15) is 59.4 Å². The van der Waals surface area contributed by atoms with Gasteiger partial charge in [-0.2, -0.15) is 0 Å². The molecule has 1 heterocycles. The zero-order chi connectivity index (χ0) is 26.3. The van der Waals surface area contributed by atoms with Crippen molar-refractivity contribution in [3.8, 4) is 0 Å². The van der Waals surface area contributed by atoms with Crippen molar-refractivity contribution in [3.63, 3.8) is 0 Å². The van der Waals surface area contributed by atoms with Gasteiger partial charge in [-0.25, -0.2) is 12.8 Å². The van der Waals surface area contributed by atoms with Gasteiger partial charge in [0.1, 0.15) is 5.82 Å². The second-order valence-electron chi connectivity index (χ2n) is 10.0. The first-order valence-corrected chi connectivity index (χ1v) is 14.0. The molecule has 0 saturated heterocycles. The zero-order valence-electron chi connectivity index (χ0n) is 20.8. The molecule has 3 atom stereocenters. The van der Waals surface area contributed by atoms with Crippen molar-refractivity contribution in [1.29, 1.82) is 0 Å². The summed E-state index contributed by atoms with van der Waals surface area (Å²) in [6, 6.07) is 16.3. The van der Waals surface area contributed by atoms with Gasteiger partial charge in [-0.05, 0) is 54.7 Å². The highest BCUT2D eigenvalue weighted by atomic mass is 32.2. The summed E-state index contributed by atoms with van der Waals surface area (Å²) < 4.78 is 41.9. The maximum atomic E-state index is 14.6. The van der Waals surface area contributed by atoms with E-state index >= 15 is 0 Å². The lowest BCUT2D eigenvalue weighted by Crippen LogP contribution is -2.43. The van der Waals surface area contributed by atoms with Crippen molar-refractivity contribution in [2.24, 2.45) is 11.8 Å². The van der Waals surface area contributed by atoms with Crippen LogP contribution in [0.2, 0.25) is 0 Å². The first-order chi connectivity index (χ1) is 17.7.